The van der Waals surface area contributed by atoms with Crippen molar-refractivity contribution < 1.29 is 14.4 Å². The van der Waals surface area contributed by atoms with Gasteiger partial charge in [-0.05, 0) is 47.8 Å². The van der Waals surface area contributed by atoms with Gasteiger partial charge in [0.1, 0.15) is 11.2 Å². The van der Waals surface area contributed by atoms with Crippen LogP contribution in [0, 0.1) is 18.8 Å². The average Bonchev–Trinajstić information content (AvgIpc) is 3.35. The van der Waals surface area contributed by atoms with E-state index in [2.05, 4.69) is 25.9 Å². The van der Waals surface area contributed by atoms with Crippen molar-refractivity contribution in [1.29, 1.82) is 0 Å². The minimum atomic E-state index is -1.00. The van der Waals surface area contributed by atoms with Crippen LogP contribution in [0.25, 0.3) is 0 Å². The molecule has 38 heavy (non-hydrogen) atoms. The molecule has 2 fully saturated rings. The summed E-state index contributed by atoms with van der Waals surface area (Å²) in [5, 5.41) is 6.69. The first-order valence-corrected chi connectivity index (χ1v) is 14.2. The number of benzene rings is 1. The number of nitrogens with two attached hydrogens (primary N) is 1. The second kappa shape index (κ2) is 9.65. The molecule has 0 radical (unpaired) electrons. The molecule has 2 amide bonds. The summed E-state index contributed by atoms with van der Waals surface area (Å²) < 4.78 is 1.55. The zero-order valence-corrected chi connectivity index (χ0v) is 23.8. The summed E-state index contributed by atoms with van der Waals surface area (Å²) >= 11 is 8.13. The molecule has 0 bridgehead atoms. The number of carbonyl (C=O) groups is 3. The number of Topliss-reactive ketones (excluding diaryl/α,β-unsaturated/α-hetero) is 1. The first kappa shape index (κ1) is 26.6. The third-order valence-corrected chi connectivity index (χ3v) is 9.19. The normalized spacial score (nSPS) is 23.6. The quantitative estimate of drug-likeness (QED) is 0.426. The Morgan fingerprint density at radius 1 is 1.11 bits per heavy atom. The largest absolute Gasteiger partial charge is 0.368 e. The highest BCUT2D eigenvalue weighted by molar-refractivity contribution is 7.12. The first-order chi connectivity index (χ1) is 17.9. The van der Waals surface area contributed by atoms with Crippen molar-refractivity contribution in [2.45, 2.75) is 64.0 Å². The van der Waals surface area contributed by atoms with Crippen LogP contribution in [-0.2, 0) is 22.1 Å². The third-order valence-electron chi connectivity index (χ3n) is 7.86. The molecule has 2 aromatic heterocycles. The van der Waals surface area contributed by atoms with E-state index in [9.17, 15) is 14.4 Å². The molecule has 0 spiro atoms. The molecule has 5 rings (SSSR count). The minimum absolute atomic E-state index is 0.0691. The topological polar surface area (TPSA) is 98.3 Å². The van der Waals surface area contributed by atoms with Gasteiger partial charge in [-0.1, -0.05) is 62.7 Å². The van der Waals surface area contributed by atoms with Gasteiger partial charge in [-0.3, -0.25) is 19.1 Å². The summed E-state index contributed by atoms with van der Waals surface area (Å²) in [7, 11) is 1.73. The maximum atomic E-state index is 14.3. The summed E-state index contributed by atoms with van der Waals surface area (Å²) in [6, 6.07) is 9.83. The third kappa shape index (κ3) is 4.47. The van der Waals surface area contributed by atoms with Crippen LogP contribution in [0.3, 0.4) is 0 Å². The lowest BCUT2D eigenvalue weighted by molar-refractivity contribution is -0.140. The highest BCUT2D eigenvalue weighted by atomic mass is 35.5. The lowest BCUT2D eigenvalue weighted by Gasteiger charge is -2.31. The lowest BCUT2D eigenvalue weighted by atomic mass is 9.76. The van der Waals surface area contributed by atoms with Crippen LogP contribution in [-0.4, -0.2) is 38.3 Å². The molecule has 1 saturated carbocycles. The van der Waals surface area contributed by atoms with Crippen molar-refractivity contribution >= 4 is 40.5 Å². The fourth-order valence-corrected chi connectivity index (χ4v) is 6.83. The Bertz CT molecular complexity index is 1390. The molecular weight excluding hydrogens is 520 g/mol. The number of halogens is 1. The van der Waals surface area contributed by atoms with Crippen molar-refractivity contribution in [2.24, 2.45) is 24.6 Å². The number of aryl methyl sites for hydroxylation is 2. The van der Waals surface area contributed by atoms with Gasteiger partial charge in [0, 0.05) is 24.4 Å². The van der Waals surface area contributed by atoms with Crippen LogP contribution in [0.1, 0.15) is 77.6 Å². The molecule has 2 N–H and O–H groups in total. The van der Waals surface area contributed by atoms with Crippen LogP contribution >= 0.6 is 22.9 Å². The number of hydrogen-bond donors (Lipinski definition) is 1. The zero-order chi connectivity index (χ0) is 27.5. The fraction of sp³-hybridized carbons (Fsp3) is 0.448. The molecule has 3 heterocycles. The van der Waals surface area contributed by atoms with E-state index in [-0.39, 0.29) is 23.0 Å². The first-order valence-electron chi connectivity index (χ1n) is 12.9. The van der Waals surface area contributed by atoms with E-state index in [1.165, 1.54) is 11.3 Å². The zero-order valence-electron chi connectivity index (χ0n) is 22.3. The summed E-state index contributed by atoms with van der Waals surface area (Å²) in [6.45, 7) is 8.21. The van der Waals surface area contributed by atoms with E-state index in [0.29, 0.717) is 21.3 Å². The van der Waals surface area contributed by atoms with Gasteiger partial charge < -0.3 is 10.6 Å². The Hall–Kier alpha value is -2.97. The maximum absolute atomic E-state index is 14.3. The summed E-state index contributed by atoms with van der Waals surface area (Å²) in [5.74, 6) is -2.51. The Morgan fingerprint density at radius 2 is 1.76 bits per heavy atom. The van der Waals surface area contributed by atoms with Crippen LogP contribution in [0.4, 0.5) is 0 Å². The number of hydrogen-bond acceptors (Lipinski definition) is 5. The number of aromatic nitrogens is 2. The number of thiophene rings is 1. The van der Waals surface area contributed by atoms with E-state index >= 15 is 0 Å². The number of primary amides is 1. The van der Waals surface area contributed by atoms with Gasteiger partial charge in [-0.25, -0.2) is 0 Å². The summed E-state index contributed by atoms with van der Waals surface area (Å²) in [4.78, 5) is 43.6. The number of ketones is 1. The second-order valence-corrected chi connectivity index (χ2v) is 12.8. The Labute approximate surface area is 232 Å². The molecule has 7 nitrogen and oxygen atoms in total. The molecule has 1 aliphatic carbocycles. The number of amides is 2. The molecule has 1 aromatic carbocycles. The Balaban J connectivity index is 1.76. The van der Waals surface area contributed by atoms with Crippen molar-refractivity contribution in [1.82, 2.24) is 14.7 Å². The van der Waals surface area contributed by atoms with E-state index in [0.717, 1.165) is 24.0 Å². The van der Waals surface area contributed by atoms with Crippen molar-refractivity contribution in [3.05, 3.63) is 74.2 Å². The molecule has 9 heteroatoms. The van der Waals surface area contributed by atoms with Crippen molar-refractivity contribution in [3.63, 3.8) is 0 Å². The Kier molecular flexibility index (Phi) is 6.76. The van der Waals surface area contributed by atoms with Crippen LogP contribution in [0.2, 0.25) is 5.15 Å². The highest BCUT2D eigenvalue weighted by Crippen LogP contribution is 2.54. The van der Waals surface area contributed by atoms with E-state index in [1.807, 2.05) is 42.6 Å². The smallest absolute Gasteiger partial charge is 0.240 e. The SMILES string of the molecule is Cc1nn(C)c(Cl)c1C1C(C(=O)c2cccs2)C(c2ccc(C(C)(C)C)cc2)C(C(N)=O)N1C(=O)C1CC1. The molecular formula is C29H33ClN4O3S. The number of nitrogens with zero attached hydrogens (tertiary/aromatic N) is 3. The van der Waals surface area contributed by atoms with E-state index in [1.54, 1.807) is 22.7 Å². The predicted octanol–water partition coefficient (Wildman–Crippen LogP) is 5.17. The summed E-state index contributed by atoms with van der Waals surface area (Å²) in [5.41, 5.74) is 9.15. The molecule has 4 atom stereocenters. The second-order valence-electron chi connectivity index (χ2n) is 11.5. The lowest BCUT2D eigenvalue weighted by Crippen LogP contribution is -2.47. The van der Waals surface area contributed by atoms with Gasteiger partial charge in [0.2, 0.25) is 11.8 Å². The van der Waals surface area contributed by atoms with Gasteiger partial charge in [-0.15, -0.1) is 11.3 Å². The monoisotopic (exact) mass is 552 g/mol. The van der Waals surface area contributed by atoms with E-state index < -0.39 is 29.8 Å². The van der Waals surface area contributed by atoms with Gasteiger partial charge in [0.15, 0.2) is 5.78 Å². The molecule has 1 saturated heterocycles. The summed E-state index contributed by atoms with van der Waals surface area (Å²) in [6.07, 6.45) is 1.50. The van der Waals surface area contributed by atoms with Gasteiger partial charge in [0.25, 0.3) is 0 Å². The molecule has 200 valence electrons. The average molecular weight is 553 g/mol. The number of likely N-dealkylation sites (tertiary alicyclic amines) is 1. The van der Waals surface area contributed by atoms with Gasteiger partial charge in [0.05, 0.1) is 22.5 Å². The minimum Gasteiger partial charge on any atom is -0.368 e. The van der Waals surface area contributed by atoms with Crippen LogP contribution < -0.4 is 5.73 Å². The number of rotatable bonds is 6. The Morgan fingerprint density at radius 3 is 2.24 bits per heavy atom. The molecule has 3 aromatic rings. The van der Waals surface area contributed by atoms with Crippen molar-refractivity contribution in [2.75, 3.05) is 0 Å². The molecule has 2 aliphatic rings. The molecule has 4 unspecified atom stereocenters. The van der Waals surface area contributed by atoms with Gasteiger partial charge >= 0.3 is 0 Å². The maximum Gasteiger partial charge on any atom is 0.240 e. The van der Waals surface area contributed by atoms with Crippen molar-refractivity contribution in [3.8, 4) is 0 Å². The fourth-order valence-electron chi connectivity index (χ4n) is 5.83. The van der Waals surface area contributed by atoms with Gasteiger partial charge in [-0.2, -0.15) is 5.10 Å². The predicted molar refractivity (Wildman–Crippen MR) is 148 cm³/mol. The van der Waals surface area contributed by atoms with E-state index in [4.69, 9.17) is 17.3 Å². The van der Waals surface area contributed by atoms with Crippen LogP contribution in [0.5, 0.6) is 0 Å². The highest BCUT2D eigenvalue weighted by Gasteiger charge is 2.59. The molecule has 1 aliphatic heterocycles. The number of carbonyl (C=O) groups excluding carboxylic acids is 3. The standard InChI is InChI=1S/C29H33ClN4O3S/c1-15-20(26(30)33(5)32-15)23-22(25(35)19-7-6-14-38-19)21(16-10-12-18(13-11-16)29(2,3)4)24(27(31)36)34(23)28(37)17-8-9-17/h6-7,10-14,17,21-24H,8-9H2,1-5H3,(H2,31,36). The van der Waals surface area contributed by atoms with Crippen LogP contribution in [0.15, 0.2) is 41.8 Å².